The number of carboxylic acid groups (broad SMARTS) is 1. The van der Waals surface area contributed by atoms with E-state index in [9.17, 15) is 4.79 Å². The third kappa shape index (κ3) is 4.28. The molecule has 0 aromatic heterocycles. The first-order chi connectivity index (χ1) is 11.6. The molecule has 5 heteroatoms. The number of piperidine rings is 1. The van der Waals surface area contributed by atoms with Crippen molar-refractivity contribution in [2.45, 2.75) is 44.7 Å². The average molecular weight is 332 g/mol. The molecule has 0 aliphatic carbocycles. The van der Waals surface area contributed by atoms with Crippen LogP contribution >= 0.6 is 0 Å². The summed E-state index contributed by atoms with van der Waals surface area (Å²) < 4.78 is 5.69. The van der Waals surface area contributed by atoms with Gasteiger partial charge in [0.15, 0.2) is 0 Å². The van der Waals surface area contributed by atoms with E-state index in [1.165, 1.54) is 38.9 Å². The summed E-state index contributed by atoms with van der Waals surface area (Å²) in [7, 11) is 0. The molecule has 0 bridgehead atoms. The van der Waals surface area contributed by atoms with E-state index < -0.39 is 5.97 Å². The minimum atomic E-state index is -0.906. The van der Waals surface area contributed by atoms with E-state index in [1.54, 1.807) is 24.3 Å². The lowest BCUT2D eigenvalue weighted by molar-refractivity contribution is -0.00382. The molecule has 1 N–H and O–H groups in total. The molecule has 5 nitrogen and oxygen atoms in total. The maximum absolute atomic E-state index is 10.8. The summed E-state index contributed by atoms with van der Waals surface area (Å²) in [5.41, 5.74) is 0.293. The third-order valence-corrected chi connectivity index (χ3v) is 5.25. The lowest BCUT2D eigenvalue weighted by Gasteiger charge is -2.49. The number of carbonyl (C=O) groups is 1. The first-order valence-corrected chi connectivity index (χ1v) is 9.08. The van der Waals surface area contributed by atoms with Crippen LogP contribution in [0.1, 0.15) is 43.0 Å². The number of ether oxygens (including phenoxy) is 1. The van der Waals surface area contributed by atoms with Crippen LogP contribution in [0.4, 0.5) is 0 Å². The van der Waals surface area contributed by atoms with E-state index in [0.717, 1.165) is 30.8 Å². The second-order valence-corrected chi connectivity index (χ2v) is 7.03. The Morgan fingerprint density at radius 1 is 1.25 bits per heavy atom. The molecule has 24 heavy (non-hydrogen) atoms. The number of carboxylic acids is 1. The molecule has 0 saturated carbocycles. The minimum absolute atomic E-state index is 0.293. The number of likely N-dealkylation sites (tertiary alicyclic amines) is 2. The van der Waals surface area contributed by atoms with Crippen LogP contribution in [0, 0.1) is 0 Å². The van der Waals surface area contributed by atoms with Crippen molar-refractivity contribution in [2.75, 3.05) is 32.8 Å². The van der Waals surface area contributed by atoms with Gasteiger partial charge in [0.1, 0.15) is 5.75 Å². The van der Waals surface area contributed by atoms with E-state index in [4.69, 9.17) is 9.84 Å². The molecule has 2 heterocycles. The van der Waals surface area contributed by atoms with Crippen molar-refractivity contribution >= 4 is 5.97 Å². The Morgan fingerprint density at radius 2 is 2.00 bits per heavy atom. The molecule has 1 aromatic rings. The molecule has 0 radical (unpaired) electrons. The van der Waals surface area contributed by atoms with E-state index in [2.05, 4.69) is 16.7 Å². The topological polar surface area (TPSA) is 53.0 Å². The van der Waals surface area contributed by atoms with Gasteiger partial charge in [-0.25, -0.2) is 4.79 Å². The van der Waals surface area contributed by atoms with E-state index >= 15 is 0 Å². The first-order valence-electron chi connectivity index (χ1n) is 9.08. The largest absolute Gasteiger partial charge is 0.494 e. The molecule has 132 valence electrons. The Kier molecular flexibility index (Phi) is 5.74. The summed E-state index contributed by atoms with van der Waals surface area (Å²) in [6, 6.07) is 8.12. The molecule has 3 rings (SSSR count). The van der Waals surface area contributed by atoms with Crippen molar-refractivity contribution in [3.63, 3.8) is 0 Å². The van der Waals surface area contributed by atoms with Crippen LogP contribution in [0.2, 0.25) is 0 Å². The molecular formula is C19H28N2O3. The van der Waals surface area contributed by atoms with Gasteiger partial charge in [0.2, 0.25) is 0 Å². The SMILES string of the molecule is C[C@@H]1CCCCN1C1CN(CCCOc2ccc(C(=O)O)cc2)C1. The predicted octanol–water partition coefficient (Wildman–Crippen LogP) is 2.71. The van der Waals surface area contributed by atoms with Gasteiger partial charge in [-0.2, -0.15) is 0 Å². The van der Waals surface area contributed by atoms with Crippen molar-refractivity contribution in [1.29, 1.82) is 0 Å². The van der Waals surface area contributed by atoms with Gasteiger partial charge >= 0.3 is 5.97 Å². The van der Waals surface area contributed by atoms with Crippen LogP contribution in [0.3, 0.4) is 0 Å². The third-order valence-electron chi connectivity index (χ3n) is 5.25. The number of benzene rings is 1. The van der Waals surface area contributed by atoms with Crippen LogP contribution in [0.5, 0.6) is 5.75 Å². The molecule has 2 aliphatic rings. The van der Waals surface area contributed by atoms with Gasteiger partial charge in [-0.1, -0.05) is 6.42 Å². The van der Waals surface area contributed by atoms with Gasteiger partial charge in [0.25, 0.3) is 0 Å². The standard InChI is InChI=1S/C19H28N2O3/c1-15-5-2-3-11-21(15)17-13-20(14-17)10-4-12-24-18-8-6-16(7-9-18)19(22)23/h6-9,15,17H,2-5,10-14H2,1H3,(H,22,23)/t15-/m1/s1. The molecule has 2 aliphatic heterocycles. The highest BCUT2D eigenvalue weighted by Crippen LogP contribution is 2.24. The van der Waals surface area contributed by atoms with E-state index in [-0.39, 0.29) is 0 Å². The summed E-state index contributed by atoms with van der Waals surface area (Å²) in [6.07, 6.45) is 5.10. The summed E-state index contributed by atoms with van der Waals surface area (Å²) in [6.45, 7) is 7.77. The van der Waals surface area contributed by atoms with Crippen LogP contribution in [-0.4, -0.2) is 65.7 Å². The number of hydrogen-bond donors (Lipinski definition) is 1. The van der Waals surface area contributed by atoms with Gasteiger partial charge in [-0.05, 0) is 57.0 Å². The zero-order valence-electron chi connectivity index (χ0n) is 14.5. The number of hydrogen-bond acceptors (Lipinski definition) is 4. The fourth-order valence-corrected chi connectivity index (χ4v) is 3.77. The molecule has 0 unspecified atom stereocenters. The lowest BCUT2D eigenvalue weighted by Crippen LogP contribution is -2.62. The van der Waals surface area contributed by atoms with Gasteiger partial charge in [-0.15, -0.1) is 0 Å². The number of nitrogens with zero attached hydrogens (tertiary/aromatic N) is 2. The predicted molar refractivity (Wildman–Crippen MR) is 93.8 cm³/mol. The van der Waals surface area contributed by atoms with Crippen LogP contribution in [-0.2, 0) is 0 Å². The summed E-state index contributed by atoms with van der Waals surface area (Å²) in [5, 5.41) is 8.87. The second kappa shape index (κ2) is 7.99. The van der Waals surface area contributed by atoms with Crippen molar-refractivity contribution in [1.82, 2.24) is 9.80 Å². The van der Waals surface area contributed by atoms with E-state index in [0.29, 0.717) is 12.2 Å². The maximum Gasteiger partial charge on any atom is 0.335 e. The number of rotatable bonds is 7. The lowest BCUT2D eigenvalue weighted by atomic mass is 9.97. The fraction of sp³-hybridized carbons (Fsp3) is 0.632. The molecule has 0 amide bonds. The monoisotopic (exact) mass is 332 g/mol. The molecule has 1 atom stereocenters. The average Bonchev–Trinajstić information content (AvgIpc) is 2.54. The van der Waals surface area contributed by atoms with Crippen molar-refractivity contribution in [3.05, 3.63) is 29.8 Å². The Hall–Kier alpha value is -1.59. The Balaban J connectivity index is 1.30. The van der Waals surface area contributed by atoms with Gasteiger partial charge in [0.05, 0.1) is 12.2 Å². The van der Waals surface area contributed by atoms with Crippen molar-refractivity contribution in [3.8, 4) is 5.75 Å². The Morgan fingerprint density at radius 3 is 2.67 bits per heavy atom. The fourth-order valence-electron chi connectivity index (χ4n) is 3.77. The normalized spacial score (nSPS) is 23.0. The zero-order valence-corrected chi connectivity index (χ0v) is 14.5. The van der Waals surface area contributed by atoms with Gasteiger partial charge in [0, 0.05) is 31.7 Å². The molecule has 0 spiro atoms. The van der Waals surface area contributed by atoms with Crippen molar-refractivity contribution in [2.24, 2.45) is 0 Å². The number of aromatic carboxylic acids is 1. The van der Waals surface area contributed by atoms with Crippen LogP contribution in [0.25, 0.3) is 0 Å². The molecule has 2 fully saturated rings. The molecular weight excluding hydrogens is 304 g/mol. The highest BCUT2D eigenvalue weighted by Gasteiger charge is 2.34. The highest BCUT2D eigenvalue weighted by atomic mass is 16.5. The van der Waals surface area contributed by atoms with Crippen LogP contribution < -0.4 is 4.74 Å². The first kappa shape index (κ1) is 17.2. The quantitative estimate of drug-likeness (QED) is 0.778. The van der Waals surface area contributed by atoms with Gasteiger partial charge < -0.3 is 9.84 Å². The van der Waals surface area contributed by atoms with Crippen molar-refractivity contribution < 1.29 is 14.6 Å². The Bertz CT molecular complexity index is 540. The minimum Gasteiger partial charge on any atom is -0.494 e. The smallest absolute Gasteiger partial charge is 0.335 e. The summed E-state index contributed by atoms with van der Waals surface area (Å²) in [4.78, 5) is 16.0. The van der Waals surface area contributed by atoms with Gasteiger partial charge in [-0.3, -0.25) is 9.80 Å². The van der Waals surface area contributed by atoms with Crippen LogP contribution in [0.15, 0.2) is 24.3 Å². The Labute approximate surface area is 144 Å². The van der Waals surface area contributed by atoms with E-state index in [1.807, 2.05) is 0 Å². The zero-order chi connectivity index (χ0) is 16.9. The maximum atomic E-state index is 10.8. The summed E-state index contributed by atoms with van der Waals surface area (Å²) >= 11 is 0. The molecule has 1 aromatic carbocycles. The second-order valence-electron chi connectivity index (χ2n) is 7.03. The highest BCUT2D eigenvalue weighted by molar-refractivity contribution is 5.87. The summed E-state index contributed by atoms with van der Waals surface area (Å²) in [5.74, 6) is -0.166. The molecule has 2 saturated heterocycles.